The van der Waals surface area contributed by atoms with Crippen LogP contribution in [0.15, 0.2) is 48.5 Å². The highest BCUT2D eigenvalue weighted by atomic mass is 35.5. The predicted molar refractivity (Wildman–Crippen MR) is 80.9 cm³/mol. The molecule has 0 radical (unpaired) electrons. The minimum atomic E-state index is -0.435. The average molecular weight is 290 g/mol. The molecule has 0 spiro atoms. The Morgan fingerprint density at radius 1 is 1.10 bits per heavy atom. The van der Waals surface area contributed by atoms with Gasteiger partial charge in [0.2, 0.25) is 0 Å². The number of benzene rings is 2. The molecule has 0 unspecified atom stereocenters. The Kier molecular flexibility index (Phi) is 5.02. The van der Waals surface area contributed by atoms with Crippen LogP contribution in [-0.4, -0.2) is 12.6 Å². The average Bonchev–Trinajstić information content (AvgIpc) is 2.47. The third kappa shape index (κ3) is 3.75. The Balaban J connectivity index is 1.82. The third-order valence-corrected chi connectivity index (χ3v) is 3.36. The molecule has 3 nitrogen and oxygen atoms in total. The van der Waals surface area contributed by atoms with Gasteiger partial charge in [-0.1, -0.05) is 48.0 Å². The zero-order valence-electron chi connectivity index (χ0n) is 11.0. The molecule has 0 aliphatic carbocycles. The monoisotopic (exact) mass is 289 g/mol. The highest BCUT2D eigenvalue weighted by Gasteiger charge is 2.13. The number of halogens is 1. The number of hydrogen-bond donors (Lipinski definition) is 1. The molecule has 104 valence electrons. The van der Waals surface area contributed by atoms with Crippen LogP contribution in [0.2, 0.25) is 5.02 Å². The Morgan fingerprint density at radius 3 is 2.60 bits per heavy atom. The van der Waals surface area contributed by atoms with Gasteiger partial charge in [0.1, 0.15) is 0 Å². The second kappa shape index (κ2) is 6.96. The summed E-state index contributed by atoms with van der Waals surface area (Å²) in [4.78, 5) is 11.9. The van der Waals surface area contributed by atoms with Crippen LogP contribution in [0, 0.1) is 0 Å². The van der Waals surface area contributed by atoms with Gasteiger partial charge in [-0.2, -0.15) is 0 Å². The van der Waals surface area contributed by atoms with Gasteiger partial charge in [0.05, 0.1) is 22.9 Å². The molecular formula is C16H16ClNO2. The maximum atomic E-state index is 11.9. The van der Waals surface area contributed by atoms with Gasteiger partial charge >= 0.3 is 5.97 Å². The Bertz CT molecular complexity index is 584. The number of ether oxygens (including phenoxy) is 1. The second-order valence-electron chi connectivity index (χ2n) is 4.43. The molecule has 0 amide bonds. The molecule has 0 atom stereocenters. The third-order valence-electron chi connectivity index (χ3n) is 2.93. The molecular weight excluding hydrogens is 274 g/mol. The fourth-order valence-electron chi connectivity index (χ4n) is 1.87. The summed E-state index contributed by atoms with van der Waals surface area (Å²) in [6.07, 6.45) is 1.65. The summed E-state index contributed by atoms with van der Waals surface area (Å²) in [6, 6.07) is 15.0. The lowest BCUT2D eigenvalue weighted by molar-refractivity contribution is 0.0501. The first-order valence-electron chi connectivity index (χ1n) is 6.43. The summed E-state index contributed by atoms with van der Waals surface area (Å²) in [6.45, 7) is 0.360. The topological polar surface area (TPSA) is 52.3 Å². The number of rotatable bonds is 5. The zero-order valence-corrected chi connectivity index (χ0v) is 11.8. The Morgan fingerprint density at radius 2 is 1.85 bits per heavy atom. The Labute approximate surface area is 123 Å². The van der Waals surface area contributed by atoms with Crippen molar-refractivity contribution in [3.8, 4) is 0 Å². The predicted octanol–water partition coefficient (Wildman–Crippen LogP) is 3.71. The summed E-state index contributed by atoms with van der Waals surface area (Å²) < 4.78 is 5.21. The molecule has 0 aliphatic heterocycles. The van der Waals surface area contributed by atoms with E-state index in [0.717, 1.165) is 12.8 Å². The van der Waals surface area contributed by atoms with E-state index < -0.39 is 5.97 Å². The highest BCUT2D eigenvalue weighted by molar-refractivity contribution is 6.36. The number of hydrogen-bond acceptors (Lipinski definition) is 3. The molecule has 2 rings (SSSR count). The van der Waals surface area contributed by atoms with Crippen LogP contribution in [0.25, 0.3) is 0 Å². The van der Waals surface area contributed by atoms with Gasteiger partial charge < -0.3 is 10.5 Å². The van der Waals surface area contributed by atoms with E-state index >= 15 is 0 Å². The van der Waals surface area contributed by atoms with Crippen molar-refractivity contribution in [2.45, 2.75) is 12.8 Å². The molecule has 2 aromatic carbocycles. The van der Waals surface area contributed by atoms with Crippen molar-refractivity contribution in [1.82, 2.24) is 0 Å². The molecule has 0 saturated carbocycles. The molecule has 0 heterocycles. The number of nitrogen functional groups attached to an aromatic ring is 1. The standard InChI is InChI=1S/C16H16ClNO2/c17-15-13(9-4-10-14(15)18)16(19)20-11-5-8-12-6-2-1-3-7-12/h1-4,6-7,9-10H,5,8,11,18H2. The van der Waals surface area contributed by atoms with Crippen LogP contribution < -0.4 is 5.73 Å². The van der Waals surface area contributed by atoms with Gasteiger partial charge in [-0.25, -0.2) is 4.79 Å². The SMILES string of the molecule is Nc1cccc(C(=O)OCCCc2ccccc2)c1Cl. The van der Waals surface area contributed by atoms with Crippen LogP contribution in [0.3, 0.4) is 0 Å². The van der Waals surface area contributed by atoms with E-state index in [1.165, 1.54) is 5.56 Å². The van der Waals surface area contributed by atoms with E-state index in [1.807, 2.05) is 18.2 Å². The molecule has 2 N–H and O–H groups in total. The first-order valence-corrected chi connectivity index (χ1v) is 6.81. The van der Waals surface area contributed by atoms with Crippen LogP contribution in [0.4, 0.5) is 5.69 Å². The van der Waals surface area contributed by atoms with Crippen molar-refractivity contribution in [3.05, 3.63) is 64.7 Å². The first-order chi connectivity index (χ1) is 9.68. The lowest BCUT2D eigenvalue weighted by atomic mass is 10.1. The smallest absolute Gasteiger partial charge is 0.339 e. The highest BCUT2D eigenvalue weighted by Crippen LogP contribution is 2.23. The first kappa shape index (κ1) is 14.4. The number of anilines is 1. The molecule has 4 heteroatoms. The summed E-state index contributed by atoms with van der Waals surface area (Å²) in [5.41, 5.74) is 7.57. The van der Waals surface area contributed by atoms with Crippen LogP contribution in [-0.2, 0) is 11.2 Å². The maximum Gasteiger partial charge on any atom is 0.339 e. The zero-order chi connectivity index (χ0) is 14.4. The second-order valence-corrected chi connectivity index (χ2v) is 4.81. The van der Waals surface area contributed by atoms with Gasteiger partial charge in [0, 0.05) is 0 Å². The fourth-order valence-corrected chi connectivity index (χ4v) is 2.07. The molecule has 0 fully saturated rings. The maximum absolute atomic E-state index is 11.9. The van der Waals surface area contributed by atoms with E-state index in [2.05, 4.69) is 12.1 Å². The van der Waals surface area contributed by atoms with Crippen LogP contribution in [0.1, 0.15) is 22.3 Å². The number of nitrogens with two attached hydrogens (primary N) is 1. The summed E-state index contributed by atoms with van der Waals surface area (Å²) >= 11 is 5.97. The quantitative estimate of drug-likeness (QED) is 0.518. The number of carbonyl (C=O) groups is 1. The molecule has 0 bridgehead atoms. The minimum absolute atomic E-state index is 0.251. The van der Waals surface area contributed by atoms with Gasteiger partial charge in [0.15, 0.2) is 0 Å². The lowest BCUT2D eigenvalue weighted by Crippen LogP contribution is -2.08. The summed E-state index contributed by atoms with van der Waals surface area (Å²) in [5.74, 6) is -0.435. The van der Waals surface area contributed by atoms with Crippen molar-refractivity contribution in [3.63, 3.8) is 0 Å². The lowest BCUT2D eigenvalue weighted by Gasteiger charge is -2.07. The van der Waals surface area contributed by atoms with Crippen molar-refractivity contribution in [2.24, 2.45) is 0 Å². The fraction of sp³-hybridized carbons (Fsp3) is 0.188. The molecule has 20 heavy (non-hydrogen) atoms. The summed E-state index contributed by atoms with van der Waals surface area (Å²) in [7, 11) is 0. The van der Waals surface area contributed by atoms with Gasteiger partial charge in [-0.3, -0.25) is 0 Å². The van der Waals surface area contributed by atoms with Crippen LogP contribution in [0.5, 0.6) is 0 Å². The van der Waals surface area contributed by atoms with E-state index in [1.54, 1.807) is 18.2 Å². The Hall–Kier alpha value is -2.00. The largest absolute Gasteiger partial charge is 0.462 e. The molecule has 0 aromatic heterocycles. The van der Waals surface area contributed by atoms with E-state index in [-0.39, 0.29) is 5.02 Å². The van der Waals surface area contributed by atoms with Crippen LogP contribution >= 0.6 is 11.6 Å². The van der Waals surface area contributed by atoms with Crippen molar-refractivity contribution in [2.75, 3.05) is 12.3 Å². The van der Waals surface area contributed by atoms with Gasteiger partial charge in [0.25, 0.3) is 0 Å². The normalized spacial score (nSPS) is 10.2. The van der Waals surface area contributed by atoms with Crippen molar-refractivity contribution in [1.29, 1.82) is 0 Å². The minimum Gasteiger partial charge on any atom is -0.462 e. The van der Waals surface area contributed by atoms with Crippen molar-refractivity contribution >= 4 is 23.3 Å². The molecule has 0 saturated heterocycles. The number of aryl methyl sites for hydroxylation is 1. The number of esters is 1. The van der Waals surface area contributed by atoms with E-state index in [4.69, 9.17) is 22.1 Å². The number of carbonyl (C=O) groups excluding carboxylic acids is 1. The molecule has 2 aromatic rings. The van der Waals surface area contributed by atoms with Crippen molar-refractivity contribution < 1.29 is 9.53 Å². The van der Waals surface area contributed by atoms with Gasteiger partial charge in [-0.15, -0.1) is 0 Å². The molecule has 0 aliphatic rings. The van der Waals surface area contributed by atoms with E-state index in [9.17, 15) is 4.79 Å². The summed E-state index contributed by atoms with van der Waals surface area (Å²) in [5, 5.41) is 0.251. The van der Waals surface area contributed by atoms with Gasteiger partial charge in [-0.05, 0) is 30.5 Å². The van der Waals surface area contributed by atoms with E-state index in [0.29, 0.717) is 17.9 Å².